The van der Waals surface area contributed by atoms with Crippen molar-refractivity contribution in [3.8, 4) is 0 Å². The summed E-state index contributed by atoms with van der Waals surface area (Å²) in [5.74, 6) is -0.0254. The van der Waals surface area contributed by atoms with Crippen molar-refractivity contribution in [2.24, 2.45) is 12.8 Å². The lowest BCUT2D eigenvalue weighted by molar-refractivity contribution is -0.119. The van der Waals surface area contributed by atoms with Gasteiger partial charge in [-0.25, -0.2) is 0 Å². The van der Waals surface area contributed by atoms with Crippen LogP contribution in [0.3, 0.4) is 0 Å². The summed E-state index contributed by atoms with van der Waals surface area (Å²) >= 11 is 6.10. The summed E-state index contributed by atoms with van der Waals surface area (Å²) in [7, 11) is 1.79. The second-order valence-electron chi connectivity index (χ2n) is 3.62. The number of aryl methyl sites for hydroxylation is 2. The monoisotopic (exact) mass is 229 g/mol. The maximum Gasteiger partial charge on any atom is 0.155 e. The normalized spacial score (nSPS) is 12.9. The molecule has 0 aromatic carbocycles. The van der Waals surface area contributed by atoms with Crippen molar-refractivity contribution in [1.29, 1.82) is 0 Å². The van der Waals surface area contributed by atoms with Crippen LogP contribution in [-0.4, -0.2) is 21.6 Å². The van der Waals surface area contributed by atoms with Crippen LogP contribution in [-0.2, 0) is 24.7 Å². The van der Waals surface area contributed by atoms with Gasteiger partial charge in [0.15, 0.2) is 5.78 Å². The smallest absolute Gasteiger partial charge is 0.155 e. The lowest BCUT2D eigenvalue weighted by atomic mass is 10.1. The predicted molar refractivity (Wildman–Crippen MR) is 60.0 cm³/mol. The fourth-order valence-electron chi connectivity index (χ4n) is 1.34. The number of ketones is 1. The molecule has 1 heterocycles. The Labute approximate surface area is 94.4 Å². The summed E-state index contributed by atoms with van der Waals surface area (Å²) in [4.78, 5) is 11.5. The van der Waals surface area contributed by atoms with E-state index in [9.17, 15) is 4.79 Å². The molecule has 0 saturated heterocycles. The van der Waals surface area contributed by atoms with Crippen LogP contribution < -0.4 is 5.73 Å². The molecule has 1 atom stereocenters. The third-order valence-corrected chi connectivity index (χ3v) is 2.79. The number of nitrogens with two attached hydrogens (primary N) is 1. The molecule has 0 bridgehead atoms. The van der Waals surface area contributed by atoms with Gasteiger partial charge in [-0.15, -0.1) is 0 Å². The zero-order valence-corrected chi connectivity index (χ0v) is 10.0. The van der Waals surface area contributed by atoms with Gasteiger partial charge in [0.25, 0.3) is 0 Å². The molecule has 1 aromatic rings. The maximum atomic E-state index is 11.5. The van der Waals surface area contributed by atoms with E-state index in [0.29, 0.717) is 5.02 Å². The minimum absolute atomic E-state index is 0.0254. The van der Waals surface area contributed by atoms with Crippen molar-refractivity contribution < 1.29 is 4.79 Å². The summed E-state index contributed by atoms with van der Waals surface area (Å²) in [6.45, 7) is 3.65. The molecule has 15 heavy (non-hydrogen) atoms. The van der Waals surface area contributed by atoms with Crippen LogP contribution in [0.1, 0.15) is 25.2 Å². The largest absolute Gasteiger partial charge is 0.322 e. The summed E-state index contributed by atoms with van der Waals surface area (Å²) in [6.07, 6.45) is 1.01. The molecule has 84 valence electrons. The van der Waals surface area contributed by atoms with Crippen molar-refractivity contribution in [3.63, 3.8) is 0 Å². The van der Waals surface area contributed by atoms with E-state index < -0.39 is 6.04 Å². The fraction of sp³-hybridized carbons (Fsp3) is 0.600. The molecule has 0 aliphatic carbocycles. The fourth-order valence-corrected chi connectivity index (χ4v) is 1.70. The first-order valence-corrected chi connectivity index (χ1v) is 5.33. The molecule has 1 rings (SSSR count). The number of carbonyl (C=O) groups is 1. The molecule has 4 nitrogen and oxygen atoms in total. The first-order valence-electron chi connectivity index (χ1n) is 4.95. The average Bonchev–Trinajstić information content (AvgIpc) is 2.44. The zero-order valence-electron chi connectivity index (χ0n) is 9.25. The highest BCUT2D eigenvalue weighted by Gasteiger charge is 2.17. The Hall–Kier alpha value is -0.870. The topological polar surface area (TPSA) is 60.9 Å². The van der Waals surface area contributed by atoms with Crippen molar-refractivity contribution in [2.75, 3.05) is 0 Å². The SMILES string of the molecule is CCc1nn(C)c(CC(=O)C(C)N)c1Cl. The van der Waals surface area contributed by atoms with Gasteiger partial charge in [-0.2, -0.15) is 5.10 Å². The average molecular weight is 230 g/mol. The summed E-state index contributed by atoms with van der Waals surface area (Å²) in [5.41, 5.74) is 7.07. The number of Topliss-reactive ketones (excluding diaryl/α,β-unsaturated/α-hetero) is 1. The number of aromatic nitrogens is 2. The molecule has 5 heteroatoms. The zero-order chi connectivity index (χ0) is 11.6. The molecule has 0 amide bonds. The minimum atomic E-state index is -0.457. The minimum Gasteiger partial charge on any atom is -0.322 e. The van der Waals surface area contributed by atoms with Crippen molar-refractivity contribution in [2.45, 2.75) is 32.7 Å². The van der Waals surface area contributed by atoms with E-state index in [2.05, 4.69) is 5.10 Å². The van der Waals surface area contributed by atoms with Gasteiger partial charge >= 0.3 is 0 Å². The van der Waals surface area contributed by atoms with Crippen LogP contribution in [0.2, 0.25) is 5.02 Å². The molecule has 0 saturated carbocycles. The van der Waals surface area contributed by atoms with Crippen LogP contribution in [0, 0.1) is 0 Å². The second kappa shape index (κ2) is 4.77. The number of carbonyl (C=O) groups excluding carboxylic acids is 1. The van der Waals surface area contributed by atoms with Crippen LogP contribution >= 0.6 is 11.6 Å². The Kier molecular flexibility index (Phi) is 3.88. The van der Waals surface area contributed by atoms with Gasteiger partial charge in [0.1, 0.15) is 0 Å². The number of halogens is 1. The van der Waals surface area contributed by atoms with Crippen molar-refractivity contribution in [3.05, 3.63) is 16.4 Å². The second-order valence-corrected chi connectivity index (χ2v) is 3.99. The van der Waals surface area contributed by atoms with Crippen molar-refractivity contribution in [1.82, 2.24) is 9.78 Å². The molecule has 0 fully saturated rings. The highest BCUT2D eigenvalue weighted by Crippen LogP contribution is 2.21. The molecule has 0 aliphatic heterocycles. The van der Waals surface area contributed by atoms with Gasteiger partial charge in [-0.1, -0.05) is 18.5 Å². The molecule has 1 unspecified atom stereocenters. The summed E-state index contributed by atoms with van der Waals surface area (Å²) in [6, 6.07) is -0.457. The highest BCUT2D eigenvalue weighted by atomic mass is 35.5. The Morgan fingerprint density at radius 2 is 2.27 bits per heavy atom. The third-order valence-electron chi connectivity index (χ3n) is 2.35. The molecule has 0 radical (unpaired) electrons. The van der Waals surface area contributed by atoms with Gasteiger partial charge in [-0.05, 0) is 13.3 Å². The van der Waals surface area contributed by atoms with Crippen LogP contribution in [0.25, 0.3) is 0 Å². The predicted octanol–water partition coefficient (Wildman–Crippen LogP) is 1.09. The van der Waals surface area contributed by atoms with Gasteiger partial charge < -0.3 is 5.73 Å². The Morgan fingerprint density at radius 1 is 1.67 bits per heavy atom. The van der Waals surface area contributed by atoms with Gasteiger partial charge in [0.2, 0.25) is 0 Å². The number of rotatable bonds is 4. The lowest BCUT2D eigenvalue weighted by Gasteiger charge is -2.04. The first kappa shape index (κ1) is 12.2. The molecular weight excluding hydrogens is 214 g/mol. The van der Waals surface area contributed by atoms with Crippen LogP contribution in [0.4, 0.5) is 0 Å². The maximum absolute atomic E-state index is 11.5. The Bertz CT molecular complexity index is 371. The van der Waals surface area contributed by atoms with E-state index in [4.69, 9.17) is 17.3 Å². The quantitative estimate of drug-likeness (QED) is 0.841. The molecule has 0 aliphatic rings. The van der Waals surface area contributed by atoms with E-state index in [0.717, 1.165) is 17.8 Å². The standard InChI is InChI=1S/C10H16ClN3O/c1-4-7-10(11)8(14(3)13-7)5-9(15)6(2)12/h6H,4-5,12H2,1-3H3. The number of hydrogen-bond acceptors (Lipinski definition) is 3. The number of nitrogens with zero attached hydrogens (tertiary/aromatic N) is 2. The summed E-state index contributed by atoms with van der Waals surface area (Å²) < 4.78 is 1.65. The molecule has 1 aromatic heterocycles. The van der Waals surface area contributed by atoms with E-state index in [-0.39, 0.29) is 12.2 Å². The van der Waals surface area contributed by atoms with Gasteiger partial charge in [0.05, 0.1) is 28.9 Å². The summed E-state index contributed by atoms with van der Waals surface area (Å²) in [5, 5.41) is 4.82. The van der Waals surface area contributed by atoms with Gasteiger partial charge in [0, 0.05) is 7.05 Å². The first-order chi connectivity index (χ1) is 6.97. The molecule has 0 spiro atoms. The van der Waals surface area contributed by atoms with Gasteiger partial charge in [-0.3, -0.25) is 9.48 Å². The van der Waals surface area contributed by atoms with E-state index >= 15 is 0 Å². The van der Waals surface area contributed by atoms with Crippen LogP contribution in [0.5, 0.6) is 0 Å². The molecule has 2 N–H and O–H groups in total. The number of hydrogen-bond donors (Lipinski definition) is 1. The Balaban J connectivity index is 2.95. The third kappa shape index (κ3) is 2.58. The highest BCUT2D eigenvalue weighted by molar-refractivity contribution is 6.32. The van der Waals surface area contributed by atoms with E-state index in [1.54, 1.807) is 18.7 Å². The Morgan fingerprint density at radius 3 is 2.67 bits per heavy atom. The molecular formula is C10H16ClN3O. The van der Waals surface area contributed by atoms with Crippen LogP contribution in [0.15, 0.2) is 0 Å². The van der Waals surface area contributed by atoms with E-state index in [1.807, 2.05) is 6.92 Å². The van der Waals surface area contributed by atoms with E-state index in [1.165, 1.54) is 0 Å². The lowest BCUT2D eigenvalue weighted by Crippen LogP contribution is -2.28. The van der Waals surface area contributed by atoms with Crippen molar-refractivity contribution >= 4 is 17.4 Å².